The maximum absolute atomic E-state index is 12.2. The number of hydrogen-bond donors (Lipinski definition) is 1. The Morgan fingerprint density at radius 2 is 1.93 bits per heavy atom. The Morgan fingerprint density at radius 1 is 1.19 bits per heavy atom. The van der Waals surface area contributed by atoms with Crippen molar-refractivity contribution in [3.05, 3.63) is 58.5 Å². The lowest BCUT2D eigenvalue weighted by molar-refractivity contribution is -0.118. The fourth-order valence-electron chi connectivity index (χ4n) is 2.59. The zero-order chi connectivity index (χ0) is 19.4. The zero-order valence-electron chi connectivity index (χ0n) is 14.7. The first-order chi connectivity index (χ1) is 13.0. The van der Waals surface area contributed by atoms with Crippen LogP contribution in [-0.4, -0.2) is 25.6 Å². The van der Waals surface area contributed by atoms with Crippen LogP contribution >= 0.6 is 11.3 Å². The van der Waals surface area contributed by atoms with Gasteiger partial charge in [0.15, 0.2) is 6.61 Å². The second kappa shape index (κ2) is 7.89. The van der Waals surface area contributed by atoms with Crippen LogP contribution in [0.25, 0.3) is 10.8 Å². The minimum Gasteiger partial charge on any atom is -0.484 e. The van der Waals surface area contributed by atoms with Crippen molar-refractivity contribution < 1.29 is 19.1 Å². The molecule has 0 radical (unpaired) electrons. The number of ether oxygens (including phenoxy) is 2. The van der Waals surface area contributed by atoms with Gasteiger partial charge in [-0.15, -0.1) is 11.3 Å². The molecule has 1 aromatic heterocycles. The van der Waals surface area contributed by atoms with Crippen molar-refractivity contribution in [2.45, 2.75) is 6.92 Å². The molecule has 0 bridgehead atoms. The quantitative estimate of drug-likeness (QED) is 0.679. The highest BCUT2D eigenvalue weighted by molar-refractivity contribution is 7.18. The van der Waals surface area contributed by atoms with Crippen molar-refractivity contribution >= 4 is 39.0 Å². The van der Waals surface area contributed by atoms with Gasteiger partial charge in [0.25, 0.3) is 5.91 Å². The predicted molar refractivity (Wildman–Crippen MR) is 103 cm³/mol. The van der Waals surface area contributed by atoms with Crippen LogP contribution in [-0.2, 0) is 9.53 Å². The summed E-state index contributed by atoms with van der Waals surface area (Å²) in [4.78, 5) is 24.3. The number of carbonyl (C=O) groups excluding carboxylic acids is 2. The second-order valence-electron chi connectivity index (χ2n) is 5.71. The molecule has 136 valence electrons. The third-order valence-electron chi connectivity index (χ3n) is 3.97. The van der Waals surface area contributed by atoms with Crippen LogP contribution in [0, 0.1) is 18.3 Å². The molecule has 1 heterocycles. The standard InChI is InChI=1S/C20H16N2O4S/c1-12-16(10-21)19(27-18(12)20(24)25-2)22-17(23)11-26-15-8-7-13-5-3-4-6-14(13)9-15/h3-9H,11H2,1-2H3,(H,22,23). The SMILES string of the molecule is COC(=O)c1sc(NC(=O)COc2ccc3ccccc3c2)c(C#N)c1C. The number of thiophene rings is 1. The van der Waals surface area contributed by atoms with E-state index in [0.717, 1.165) is 22.1 Å². The molecule has 0 saturated heterocycles. The van der Waals surface area contributed by atoms with Crippen LogP contribution in [0.5, 0.6) is 5.75 Å². The lowest BCUT2D eigenvalue weighted by Crippen LogP contribution is -2.20. The zero-order valence-corrected chi connectivity index (χ0v) is 15.6. The highest BCUT2D eigenvalue weighted by Crippen LogP contribution is 2.33. The van der Waals surface area contributed by atoms with E-state index >= 15 is 0 Å². The topological polar surface area (TPSA) is 88.4 Å². The molecule has 3 aromatic rings. The lowest BCUT2D eigenvalue weighted by Gasteiger charge is -2.07. The van der Waals surface area contributed by atoms with E-state index < -0.39 is 11.9 Å². The Labute approximate surface area is 159 Å². The van der Waals surface area contributed by atoms with Crippen molar-refractivity contribution in [1.29, 1.82) is 5.26 Å². The summed E-state index contributed by atoms with van der Waals surface area (Å²) in [5.74, 6) is -0.388. The largest absolute Gasteiger partial charge is 0.484 e. The van der Waals surface area contributed by atoms with E-state index in [2.05, 4.69) is 5.32 Å². The minimum atomic E-state index is -0.540. The number of nitrogens with one attached hydrogen (secondary N) is 1. The predicted octanol–water partition coefficient (Wildman–Crippen LogP) is 3.89. The second-order valence-corrected chi connectivity index (χ2v) is 6.73. The third kappa shape index (κ3) is 3.91. The summed E-state index contributed by atoms with van der Waals surface area (Å²) >= 11 is 1.01. The summed E-state index contributed by atoms with van der Waals surface area (Å²) in [5, 5.41) is 14.3. The molecule has 2 aromatic carbocycles. The fraction of sp³-hybridized carbons (Fsp3) is 0.150. The number of rotatable bonds is 5. The number of amides is 1. The Morgan fingerprint density at radius 3 is 2.63 bits per heavy atom. The molecule has 0 spiro atoms. The molecule has 0 aliphatic carbocycles. The number of hydrogen-bond acceptors (Lipinski definition) is 6. The summed E-state index contributed by atoms with van der Waals surface area (Å²) in [5.41, 5.74) is 0.736. The Balaban J connectivity index is 1.70. The van der Waals surface area contributed by atoms with E-state index in [-0.39, 0.29) is 12.2 Å². The van der Waals surface area contributed by atoms with Crippen LogP contribution in [0.2, 0.25) is 0 Å². The Kier molecular flexibility index (Phi) is 5.38. The van der Waals surface area contributed by atoms with Gasteiger partial charge >= 0.3 is 5.97 Å². The van der Waals surface area contributed by atoms with Crippen LogP contribution < -0.4 is 10.1 Å². The highest BCUT2D eigenvalue weighted by Gasteiger charge is 2.21. The van der Waals surface area contributed by atoms with Crippen LogP contribution in [0.15, 0.2) is 42.5 Å². The van der Waals surface area contributed by atoms with Gasteiger partial charge in [0.05, 0.1) is 12.7 Å². The molecular formula is C20H16N2O4S. The fourth-order valence-corrected chi connectivity index (χ4v) is 3.68. The van der Waals surface area contributed by atoms with Crippen molar-refractivity contribution in [1.82, 2.24) is 0 Å². The van der Waals surface area contributed by atoms with Crippen LogP contribution in [0.1, 0.15) is 20.8 Å². The van der Waals surface area contributed by atoms with Crippen LogP contribution in [0.3, 0.4) is 0 Å². The van der Waals surface area contributed by atoms with Crippen molar-refractivity contribution in [3.63, 3.8) is 0 Å². The number of fused-ring (bicyclic) bond motifs is 1. The number of nitriles is 1. The van der Waals surface area contributed by atoms with E-state index in [1.54, 1.807) is 13.0 Å². The maximum atomic E-state index is 12.2. The molecule has 0 aliphatic rings. The molecular weight excluding hydrogens is 364 g/mol. The first-order valence-corrected chi connectivity index (χ1v) is 8.88. The van der Waals surface area contributed by atoms with Gasteiger partial charge in [-0.3, -0.25) is 4.79 Å². The Hall–Kier alpha value is -3.37. The van der Waals surface area contributed by atoms with E-state index in [1.165, 1.54) is 7.11 Å². The van der Waals surface area contributed by atoms with E-state index in [4.69, 9.17) is 9.47 Å². The van der Waals surface area contributed by atoms with Gasteiger partial charge in [-0.25, -0.2) is 4.79 Å². The normalized spacial score (nSPS) is 10.3. The summed E-state index contributed by atoms with van der Waals surface area (Å²) in [6.45, 7) is 1.43. The van der Waals surface area contributed by atoms with Gasteiger partial charge in [-0.2, -0.15) is 5.26 Å². The van der Waals surface area contributed by atoms with Crippen molar-refractivity contribution in [3.8, 4) is 11.8 Å². The molecule has 0 unspecified atom stereocenters. The van der Waals surface area contributed by atoms with Gasteiger partial charge in [-0.05, 0) is 35.4 Å². The molecule has 27 heavy (non-hydrogen) atoms. The molecule has 0 atom stereocenters. The van der Waals surface area contributed by atoms with Gasteiger partial charge in [0, 0.05) is 0 Å². The van der Waals surface area contributed by atoms with E-state index in [9.17, 15) is 14.9 Å². The van der Waals surface area contributed by atoms with Crippen molar-refractivity contribution in [2.24, 2.45) is 0 Å². The third-order valence-corrected chi connectivity index (χ3v) is 5.16. The van der Waals surface area contributed by atoms with E-state index in [0.29, 0.717) is 21.2 Å². The number of benzene rings is 2. The molecule has 0 fully saturated rings. The molecule has 1 N–H and O–H groups in total. The van der Waals surface area contributed by atoms with Gasteiger partial charge < -0.3 is 14.8 Å². The monoisotopic (exact) mass is 380 g/mol. The molecule has 3 rings (SSSR count). The van der Waals surface area contributed by atoms with E-state index in [1.807, 2.05) is 42.5 Å². The minimum absolute atomic E-state index is 0.215. The van der Waals surface area contributed by atoms with Gasteiger partial charge in [-0.1, -0.05) is 30.3 Å². The molecule has 0 saturated carbocycles. The summed E-state index contributed by atoms with van der Waals surface area (Å²) in [7, 11) is 1.27. The number of esters is 1. The average molecular weight is 380 g/mol. The van der Waals surface area contributed by atoms with Gasteiger partial charge in [0.2, 0.25) is 0 Å². The van der Waals surface area contributed by atoms with Crippen molar-refractivity contribution in [2.75, 3.05) is 19.0 Å². The summed E-state index contributed by atoms with van der Waals surface area (Å²) < 4.78 is 10.2. The number of anilines is 1. The Bertz CT molecular complexity index is 1070. The summed E-state index contributed by atoms with van der Waals surface area (Å²) in [6.07, 6.45) is 0. The number of carbonyl (C=O) groups is 2. The molecule has 1 amide bonds. The number of nitrogens with zero attached hydrogens (tertiary/aromatic N) is 1. The first kappa shape index (κ1) is 18.4. The molecule has 6 nitrogen and oxygen atoms in total. The summed E-state index contributed by atoms with van der Waals surface area (Å²) in [6, 6.07) is 15.4. The smallest absolute Gasteiger partial charge is 0.348 e. The molecule has 7 heteroatoms. The maximum Gasteiger partial charge on any atom is 0.348 e. The first-order valence-electron chi connectivity index (χ1n) is 8.06. The highest BCUT2D eigenvalue weighted by atomic mass is 32.1. The number of methoxy groups -OCH3 is 1. The molecule has 0 aliphatic heterocycles. The van der Waals surface area contributed by atoms with Gasteiger partial charge in [0.1, 0.15) is 21.7 Å². The average Bonchev–Trinajstić information content (AvgIpc) is 3.00. The lowest BCUT2D eigenvalue weighted by atomic mass is 10.1. The van der Waals surface area contributed by atoms with Crippen LogP contribution in [0.4, 0.5) is 5.00 Å².